The van der Waals surface area contributed by atoms with E-state index < -0.39 is 12.1 Å². The van der Waals surface area contributed by atoms with E-state index in [0.29, 0.717) is 16.3 Å². The smallest absolute Gasteiger partial charge is 0.337 e. The third-order valence-electron chi connectivity index (χ3n) is 5.81. The number of carboxylic acids is 1. The highest BCUT2D eigenvalue weighted by Gasteiger charge is 2.28. The summed E-state index contributed by atoms with van der Waals surface area (Å²) in [5, 5.41) is 12.6. The highest BCUT2D eigenvalue weighted by molar-refractivity contribution is 6.30. The van der Waals surface area contributed by atoms with Gasteiger partial charge in [0.05, 0.1) is 20.8 Å². The van der Waals surface area contributed by atoms with Crippen LogP contribution in [0.15, 0.2) is 72.8 Å². The van der Waals surface area contributed by atoms with Gasteiger partial charge < -0.3 is 19.3 Å². The molecule has 0 saturated heterocycles. The first-order valence-corrected chi connectivity index (χ1v) is 11.1. The third kappa shape index (κ3) is 4.72. The molecule has 0 bridgehead atoms. The van der Waals surface area contributed by atoms with Gasteiger partial charge in [0, 0.05) is 16.0 Å². The van der Waals surface area contributed by atoms with Gasteiger partial charge >= 0.3 is 5.97 Å². The van der Waals surface area contributed by atoms with Crippen molar-refractivity contribution >= 4 is 28.3 Å². The summed E-state index contributed by atoms with van der Waals surface area (Å²) in [7, 11) is 3.22. The van der Waals surface area contributed by atoms with Crippen LogP contribution in [-0.4, -0.2) is 25.3 Å². The number of hydrogen-bond acceptors (Lipinski definition) is 4. The van der Waals surface area contributed by atoms with E-state index in [4.69, 9.17) is 25.8 Å². The molecule has 0 radical (unpaired) electrons. The highest BCUT2D eigenvalue weighted by Crippen LogP contribution is 2.42. The number of ether oxygens (including phenoxy) is 3. The Morgan fingerprint density at radius 2 is 1.65 bits per heavy atom. The standard InChI is InChI=1S/C28H25ClO5/c1-17-15-23-22(5-4-6-24(23)33-3)26(19-9-11-20(29)12-10-19)25(17)27(28(30)31)34-16-18-7-13-21(32-2)14-8-18/h4-15,27H,16H2,1-3H3,(H,30,31). The predicted molar refractivity (Wildman–Crippen MR) is 134 cm³/mol. The summed E-state index contributed by atoms with van der Waals surface area (Å²) in [5.74, 6) is 0.380. The van der Waals surface area contributed by atoms with Crippen LogP contribution in [0.5, 0.6) is 11.5 Å². The zero-order chi connectivity index (χ0) is 24.2. The van der Waals surface area contributed by atoms with Gasteiger partial charge in [-0.2, -0.15) is 0 Å². The Morgan fingerprint density at radius 1 is 0.941 bits per heavy atom. The number of benzene rings is 4. The van der Waals surface area contributed by atoms with Crippen LogP contribution in [-0.2, 0) is 16.1 Å². The monoisotopic (exact) mass is 476 g/mol. The summed E-state index contributed by atoms with van der Waals surface area (Å²) in [6.07, 6.45) is -1.18. The zero-order valence-corrected chi connectivity index (χ0v) is 19.9. The molecule has 1 N–H and O–H groups in total. The molecule has 0 aliphatic carbocycles. The number of carbonyl (C=O) groups is 1. The largest absolute Gasteiger partial charge is 0.497 e. The second kappa shape index (κ2) is 10.2. The quantitative estimate of drug-likeness (QED) is 0.302. The van der Waals surface area contributed by atoms with Gasteiger partial charge in [-0.05, 0) is 71.0 Å². The average molecular weight is 477 g/mol. The van der Waals surface area contributed by atoms with Crippen LogP contribution in [0.4, 0.5) is 0 Å². The second-order valence-electron chi connectivity index (χ2n) is 7.92. The Balaban J connectivity index is 1.87. The van der Waals surface area contributed by atoms with Gasteiger partial charge in [0.25, 0.3) is 0 Å². The van der Waals surface area contributed by atoms with Gasteiger partial charge in [-0.25, -0.2) is 4.79 Å². The molecule has 1 atom stereocenters. The molecule has 174 valence electrons. The molecule has 0 amide bonds. The van der Waals surface area contributed by atoms with Crippen molar-refractivity contribution in [1.29, 1.82) is 0 Å². The SMILES string of the molecule is COc1ccc(COC(C(=O)O)c2c(C)cc3c(OC)cccc3c2-c2ccc(Cl)cc2)cc1. The highest BCUT2D eigenvalue weighted by atomic mass is 35.5. The van der Waals surface area contributed by atoms with Crippen molar-refractivity contribution in [3.8, 4) is 22.6 Å². The van der Waals surface area contributed by atoms with Crippen LogP contribution in [0.25, 0.3) is 21.9 Å². The maximum Gasteiger partial charge on any atom is 0.337 e. The fourth-order valence-corrected chi connectivity index (χ4v) is 4.30. The lowest BCUT2D eigenvalue weighted by Crippen LogP contribution is -2.18. The molecule has 0 aliphatic heterocycles. The van der Waals surface area contributed by atoms with Gasteiger partial charge in [-0.15, -0.1) is 0 Å². The van der Waals surface area contributed by atoms with E-state index in [0.717, 1.165) is 38.8 Å². The normalized spacial score (nSPS) is 11.9. The molecule has 0 aromatic heterocycles. The lowest BCUT2D eigenvalue weighted by molar-refractivity contribution is -0.151. The Morgan fingerprint density at radius 3 is 2.26 bits per heavy atom. The predicted octanol–water partition coefficient (Wildman–Crippen LogP) is 6.83. The van der Waals surface area contributed by atoms with Crippen LogP contribution in [0.1, 0.15) is 22.8 Å². The van der Waals surface area contributed by atoms with Gasteiger partial charge in [-0.1, -0.05) is 48.0 Å². The molecule has 6 heteroatoms. The van der Waals surface area contributed by atoms with Crippen LogP contribution < -0.4 is 9.47 Å². The number of hydrogen-bond donors (Lipinski definition) is 1. The van der Waals surface area contributed by atoms with E-state index >= 15 is 0 Å². The molecule has 0 fully saturated rings. The third-order valence-corrected chi connectivity index (χ3v) is 6.06. The van der Waals surface area contributed by atoms with Crippen LogP contribution in [0.3, 0.4) is 0 Å². The van der Waals surface area contributed by atoms with E-state index in [1.165, 1.54) is 0 Å². The van der Waals surface area contributed by atoms with Gasteiger partial charge in [0.15, 0.2) is 6.10 Å². The number of methoxy groups -OCH3 is 2. The molecule has 0 saturated carbocycles. The first kappa shape index (κ1) is 23.6. The van der Waals surface area contributed by atoms with Crippen molar-refractivity contribution < 1.29 is 24.1 Å². The summed E-state index contributed by atoms with van der Waals surface area (Å²) in [6, 6.07) is 22.4. The molecule has 4 aromatic carbocycles. The van der Waals surface area contributed by atoms with Crippen molar-refractivity contribution in [3.63, 3.8) is 0 Å². The lowest BCUT2D eigenvalue weighted by atomic mass is 9.87. The van der Waals surface area contributed by atoms with E-state index in [2.05, 4.69) is 0 Å². The molecular weight excluding hydrogens is 452 g/mol. The molecular formula is C28H25ClO5. The van der Waals surface area contributed by atoms with Crippen molar-refractivity contribution in [2.75, 3.05) is 14.2 Å². The second-order valence-corrected chi connectivity index (χ2v) is 8.36. The maximum absolute atomic E-state index is 12.5. The van der Waals surface area contributed by atoms with E-state index in [1.807, 2.05) is 67.6 Å². The molecule has 4 aromatic rings. The molecule has 0 aliphatic rings. The minimum Gasteiger partial charge on any atom is -0.497 e. The zero-order valence-electron chi connectivity index (χ0n) is 19.2. The molecule has 0 heterocycles. The topological polar surface area (TPSA) is 65.0 Å². The molecule has 4 rings (SSSR count). The van der Waals surface area contributed by atoms with Gasteiger partial charge in [-0.3, -0.25) is 0 Å². The minimum atomic E-state index is -1.18. The summed E-state index contributed by atoms with van der Waals surface area (Å²) < 4.78 is 16.8. The summed E-state index contributed by atoms with van der Waals surface area (Å²) >= 11 is 6.14. The Kier molecular flexibility index (Phi) is 7.06. The Labute approximate surface area is 203 Å². The summed E-state index contributed by atoms with van der Waals surface area (Å²) in [4.78, 5) is 12.5. The Bertz CT molecular complexity index is 1310. The number of carboxylic acid groups (broad SMARTS) is 1. The number of aliphatic carboxylic acids is 1. The van der Waals surface area contributed by atoms with Crippen molar-refractivity contribution in [1.82, 2.24) is 0 Å². The van der Waals surface area contributed by atoms with Crippen molar-refractivity contribution in [2.24, 2.45) is 0 Å². The summed E-state index contributed by atoms with van der Waals surface area (Å²) in [6.45, 7) is 2.03. The first-order valence-electron chi connectivity index (χ1n) is 10.8. The number of fused-ring (bicyclic) bond motifs is 1. The lowest BCUT2D eigenvalue weighted by Gasteiger charge is -2.23. The Hall–Kier alpha value is -3.54. The van der Waals surface area contributed by atoms with Crippen molar-refractivity contribution in [2.45, 2.75) is 19.6 Å². The molecule has 5 nitrogen and oxygen atoms in total. The van der Waals surface area contributed by atoms with Crippen LogP contribution in [0, 0.1) is 6.92 Å². The molecule has 1 unspecified atom stereocenters. The van der Waals surface area contributed by atoms with Gasteiger partial charge in [0.2, 0.25) is 0 Å². The van der Waals surface area contributed by atoms with Gasteiger partial charge in [0.1, 0.15) is 11.5 Å². The average Bonchev–Trinajstić information content (AvgIpc) is 2.84. The fourth-order valence-electron chi connectivity index (χ4n) is 4.17. The number of rotatable bonds is 8. The number of halogens is 1. The van der Waals surface area contributed by atoms with Crippen LogP contribution >= 0.6 is 11.6 Å². The van der Waals surface area contributed by atoms with E-state index in [1.54, 1.807) is 26.4 Å². The van der Waals surface area contributed by atoms with Crippen molar-refractivity contribution in [3.05, 3.63) is 94.5 Å². The number of aryl methyl sites for hydroxylation is 1. The molecule has 0 spiro atoms. The van der Waals surface area contributed by atoms with Crippen LogP contribution in [0.2, 0.25) is 5.02 Å². The maximum atomic E-state index is 12.5. The summed E-state index contributed by atoms with van der Waals surface area (Å²) in [5.41, 5.74) is 3.88. The minimum absolute atomic E-state index is 0.136. The molecule has 34 heavy (non-hydrogen) atoms. The fraction of sp³-hybridized carbons (Fsp3) is 0.179. The van der Waals surface area contributed by atoms with E-state index in [-0.39, 0.29) is 6.61 Å². The van der Waals surface area contributed by atoms with E-state index in [9.17, 15) is 9.90 Å². The first-order chi connectivity index (χ1) is 16.4.